The number of hydrogen-bond acceptors (Lipinski definition) is 2. The molecule has 1 unspecified atom stereocenters. The Morgan fingerprint density at radius 2 is 2.12 bits per heavy atom. The molecule has 1 aliphatic rings. The summed E-state index contributed by atoms with van der Waals surface area (Å²) >= 11 is 3.36. The Labute approximate surface area is 107 Å². The van der Waals surface area contributed by atoms with E-state index in [0.29, 0.717) is 0 Å². The molecular weight excluding hydrogens is 268 g/mol. The number of amides is 1. The number of halogens is 1. The van der Waals surface area contributed by atoms with Crippen molar-refractivity contribution in [1.82, 2.24) is 10.2 Å². The standard InChI is InChI=1S/C12H23BrN2O/c1-3-11(13)12(16)14-7-4-10-5-8-15(2)9-6-10/h10-11H,3-9H2,1-2H3,(H,14,16). The molecule has 94 valence electrons. The van der Waals surface area contributed by atoms with Gasteiger partial charge in [-0.15, -0.1) is 0 Å². The van der Waals surface area contributed by atoms with E-state index in [4.69, 9.17) is 0 Å². The van der Waals surface area contributed by atoms with Crippen molar-refractivity contribution in [2.45, 2.75) is 37.4 Å². The highest BCUT2D eigenvalue weighted by Gasteiger charge is 2.17. The van der Waals surface area contributed by atoms with Crippen LogP contribution in [0, 0.1) is 5.92 Å². The van der Waals surface area contributed by atoms with Gasteiger partial charge in [0.1, 0.15) is 0 Å². The molecule has 0 aliphatic carbocycles. The van der Waals surface area contributed by atoms with Crippen LogP contribution in [0.4, 0.5) is 0 Å². The first-order valence-corrected chi connectivity index (χ1v) is 7.15. The van der Waals surface area contributed by atoms with E-state index >= 15 is 0 Å². The summed E-state index contributed by atoms with van der Waals surface area (Å²) in [5, 5.41) is 2.99. The van der Waals surface area contributed by atoms with Crippen molar-refractivity contribution in [2.24, 2.45) is 5.92 Å². The van der Waals surface area contributed by atoms with Crippen LogP contribution in [-0.2, 0) is 4.79 Å². The molecule has 1 rings (SSSR count). The Morgan fingerprint density at radius 3 is 2.69 bits per heavy atom. The number of piperidine rings is 1. The summed E-state index contributed by atoms with van der Waals surface area (Å²) in [6, 6.07) is 0. The average Bonchev–Trinajstić information content (AvgIpc) is 2.30. The number of carbonyl (C=O) groups excluding carboxylic acids is 1. The van der Waals surface area contributed by atoms with Crippen molar-refractivity contribution < 1.29 is 4.79 Å². The Bertz CT molecular complexity index is 215. The fourth-order valence-corrected chi connectivity index (χ4v) is 2.21. The van der Waals surface area contributed by atoms with Crippen LogP contribution in [0.3, 0.4) is 0 Å². The summed E-state index contributed by atoms with van der Waals surface area (Å²) in [6.45, 7) is 5.24. The molecule has 16 heavy (non-hydrogen) atoms. The van der Waals surface area contributed by atoms with E-state index in [0.717, 1.165) is 25.3 Å². The minimum atomic E-state index is -0.0232. The number of carbonyl (C=O) groups is 1. The van der Waals surface area contributed by atoms with Crippen LogP contribution in [0.5, 0.6) is 0 Å². The molecule has 0 bridgehead atoms. The summed E-state index contributed by atoms with van der Waals surface area (Å²) in [4.78, 5) is 13.9. The molecule has 1 saturated heterocycles. The Hall–Kier alpha value is -0.0900. The highest BCUT2D eigenvalue weighted by atomic mass is 79.9. The predicted molar refractivity (Wildman–Crippen MR) is 70.9 cm³/mol. The highest BCUT2D eigenvalue weighted by Crippen LogP contribution is 2.18. The second-order valence-corrected chi connectivity index (χ2v) is 5.81. The topological polar surface area (TPSA) is 32.3 Å². The van der Waals surface area contributed by atoms with Crippen molar-refractivity contribution in [3.63, 3.8) is 0 Å². The SMILES string of the molecule is CCC(Br)C(=O)NCCC1CCN(C)CC1. The zero-order valence-corrected chi connectivity index (χ0v) is 11.9. The third kappa shape index (κ3) is 4.83. The lowest BCUT2D eigenvalue weighted by molar-refractivity contribution is -0.120. The quantitative estimate of drug-likeness (QED) is 0.786. The number of likely N-dealkylation sites (tertiary alicyclic amines) is 1. The Balaban J connectivity index is 2.09. The number of alkyl halides is 1. The van der Waals surface area contributed by atoms with Crippen LogP contribution in [-0.4, -0.2) is 42.3 Å². The predicted octanol–water partition coefficient (Wildman–Crippen LogP) is 2.01. The smallest absolute Gasteiger partial charge is 0.233 e. The molecule has 0 aromatic rings. The average molecular weight is 291 g/mol. The maximum atomic E-state index is 11.5. The molecule has 1 N–H and O–H groups in total. The third-order valence-electron chi connectivity index (χ3n) is 3.33. The first kappa shape index (κ1) is 14.0. The zero-order valence-electron chi connectivity index (χ0n) is 10.3. The van der Waals surface area contributed by atoms with Crippen molar-refractivity contribution in [3.05, 3.63) is 0 Å². The molecular formula is C12H23BrN2O. The Morgan fingerprint density at radius 1 is 1.50 bits per heavy atom. The van der Waals surface area contributed by atoms with Crippen LogP contribution in [0.25, 0.3) is 0 Å². The van der Waals surface area contributed by atoms with Crippen LogP contribution in [0.2, 0.25) is 0 Å². The van der Waals surface area contributed by atoms with Crippen molar-refractivity contribution in [1.29, 1.82) is 0 Å². The maximum absolute atomic E-state index is 11.5. The molecule has 1 aliphatic heterocycles. The van der Waals surface area contributed by atoms with Gasteiger partial charge < -0.3 is 10.2 Å². The molecule has 0 radical (unpaired) electrons. The number of nitrogens with zero attached hydrogens (tertiary/aromatic N) is 1. The fourth-order valence-electron chi connectivity index (χ4n) is 2.05. The molecule has 1 fully saturated rings. The van der Waals surface area contributed by atoms with Gasteiger partial charge in [0.2, 0.25) is 5.91 Å². The molecule has 0 aromatic heterocycles. The van der Waals surface area contributed by atoms with E-state index in [1.54, 1.807) is 0 Å². The van der Waals surface area contributed by atoms with Gasteiger partial charge in [0.15, 0.2) is 0 Å². The molecule has 0 aromatic carbocycles. The number of rotatable bonds is 5. The second kappa shape index (κ2) is 7.28. The lowest BCUT2D eigenvalue weighted by atomic mass is 9.94. The Kier molecular flexibility index (Phi) is 6.36. The van der Waals surface area contributed by atoms with Crippen LogP contribution in [0.1, 0.15) is 32.6 Å². The van der Waals surface area contributed by atoms with Gasteiger partial charge in [0.05, 0.1) is 4.83 Å². The van der Waals surface area contributed by atoms with Crippen LogP contribution >= 0.6 is 15.9 Å². The van der Waals surface area contributed by atoms with Gasteiger partial charge in [-0.25, -0.2) is 0 Å². The van der Waals surface area contributed by atoms with Crippen LogP contribution in [0.15, 0.2) is 0 Å². The van der Waals surface area contributed by atoms with E-state index in [2.05, 4.69) is 33.2 Å². The van der Waals surface area contributed by atoms with E-state index in [1.807, 2.05) is 6.92 Å². The lowest BCUT2D eigenvalue weighted by Gasteiger charge is -2.28. The minimum Gasteiger partial charge on any atom is -0.355 e. The van der Waals surface area contributed by atoms with Crippen molar-refractivity contribution in [2.75, 3.05) is 26.7 Å². The molecule has 1 amide bonds. The van der Waals surface area contributed by atoms with E-state index in [-0.39, 0.29) is 10.7 Å². The zero-order chi connectivity index (χ0) is 12.0. The normalized spacial score (nSPS) is 20.7. The van der Waals surface area contributed by atoms with Crippen molar-refractivity contribution in [3.8, 4) is 0 Å². The number of nitrogens with one attached hydrogen (secondary N) is 1. The van der Waals surface area contributed by atoms with Gasteiger partial charge in [0.25, 0.3) is 0 Å². The van der Waals surface area contributed by atoms with Gasteiger partial charge >= 0.3 is 0 Å². The van der Waals surface area contributed by atoms with Gasteiger partial charge in [-0.3, -0.25) is 4.79 Å². The lowest BCUT2D eigenvalue weighted by Crippen LogP contribution is -2.35. The van der Waals surface area contributed by atoms with E-state index < -0.39 is 0 Å². The summed E-state index contributed by atoms with van der Waals surface area (Å²) in [6.07, 6.45) is 4.53. The minimum absolute atomic E-state index is 0.0232. The van der Waals surface area contributed by atoms with E-state index in [1.165, 1.54) is 25.9 Å². The number of hydrogen-bond donors (Lipinski definition) is 1. The summed E-state index contributed by atoms with van der Waals surface area (Å²) in [5.74, 6) is 0.933. The van der Waals surface area contributed by atoms with E-state index in [9.17, 15) is 4.79 Å². The summed E-state index contributed by atoms with van der Waals surface area (Å²) < 4.78 is 0. The molecule has 0 spiro atoms. The maximum Gasteiger partial charge on any atom is 0.233 e. The van der Waals surface area contributed by atoms with Gasteiger partial charge in [-0.05, 0) is 51.7 Å². The molecule has 1 heterocycles. The molecule has 0 saturated carbocycles. The first-order valence-electron chi connectivity index (χ1n) is 6.23. The van der Waals surface area contributed by atoms with Crippen molar-refractivity contribution >= 4 is 21.8 Å². The van der Waals surface area contributed by atoms with Gasteiger partial charge in [0, 0.05) is 6.54 Å². The van der Waals surface area contributed by atoms with Crippen LogP contribution < -0.4 is 5.32 Å². The molecule has 3 nitrogen and oxygen atoms in total. The first-order chi connectivity index (χ1) is 7.63. The monoisotopic (exact) mass is 290 g/mol. The van der Waals surface area contributed by atoms with Gasteiger partial charge in [-0.2, -0.15) is 0 Å². The fraction of sp³-hybridized carbons (Fsp3) is 0.917. The summed E-state index contributed by atoms with van der Waals surface area (Å²) in [5.41, 5.74) is 0. The third-order valence-corrected chi connectivity index (χ3v) is 4.40. The molecule has 1 atom stereocenters. The van der Waals surface area contributed by atoms with Gasteiger partial charge in [-0.1, -0.05) is 22.9 Å². The largest absolute Gasteiger partial charge is 0.355 e. The molecule has 4 heteroatoms. The second-order valence-electron chi connectivity index (χ2n) is 4.70. The highest BCUT2D eigenvalue weighted by molar-refractivity contribution is 9.10. The summed E-state index contributed by atoms with van der Waals surface area (Å²) in [7, 11) is 2.18.